The van der Waals surface area contributed by atoms with Crippen LogP contribution in [0.5, 0.6) is 5.75 Å². The van der Waals surface area contributed by atoms with Gasteiger partial charge in [0.05, 0.1) is 7.11 Å². The van der Waals surface area contributed by atoms with Gasteiger partial charge in [-0.2, -0.15) is 0 Å². The molecule has 0 amide bonds. The van der Waals surface area contributed by atoms with Crippen LogP contribution in [0.25, 0.3) is 0 Å². The minimum atomic E-state index is 0.759. The van der Waals surface area contributed by atoms with Crippen molar-refractivity contribution in [3.63, 3.8) is 0 Å². The molecule has 0 aliphatic heterocycles. The van der Waals surface area contributed by atoms with Gasteiger partial charge in [0, 0.05) is 29.4 Å². The van der Waals surface area contributed by atoms with Gasteiger partial charge < -0.3 is 10.1 Å². The minimum absolute atomic E-state index is 0.759. The fourth-order valence-electron chi connectivity index (χ4n) is 1.65. The predicted octanol–water partition coefficient (Wildman–Crippen LogP) is 3.14. The van der Waals surface area contributed by atoms with Gasteiger partial charge in [0.15, 0.2) is 5.16 Å². The highest BCUT2D eigenvalue weighted by molar-refractivity contribution is 7.99. The van der Waals surface area contributed by atoms with Crippen molar-refractivity contribution in [2.24, 2.45) is 0 Å². The van der Waals surface area contributed by atoms with E-state index in [-0.39, 0.29) is 0 Å². The van der Waals surface area contributed by atoms with E-state index in [1.54, 1.807) is 18.9 Å². The van der Waals surface area contributed by atoms with Gasteiger partial charge in [-0.1, -0.05) is 6.92 Å². The van der Waals surface area contributed by atoms with Crippen LogP contribution in [0.2, 0.25) is 0 Å². The lowest BCUT2D eigenvalue weighted by Gasteiger charge is -2.04. The molecule has 1 aromatic carbocycles. The second-order valence-electron chi connectivity index (χ2n) is 4.33. The number of aromatic nitrogens is 2. The summed E-state index contributed by atoms with van der Waals surface area (Å²) in [5, 5.41) is 4.09. The SMILES string of the molecule is CCCNCc1cnc(Sc2ccc(OC)cc2)nc1. The second-order valence-corrected chi connectivity index (χ2v) is 5.37. The Balaban J connectivity index is 1.92. The van der Waals surface area contributed by atoms with E-state index in [0.29, 0.717) is 0 Å². The topological polar surface area (TPSA) is 47.0 Å². The number of nitrogens with one attached hydrogen (secondary N) is 1. The maximum Gasteiger partial charge on any atom is 0.192 e. The van der Waals surface area contributed by atoms with Crippen molar-refractivity contribution in [2.75, 3.05) is 13.7 Å². The molecular weight excluding hydrogens is 270 g/mol. The molecule has 106 valence electrons. The first-order valence-corrected chi connectivity index (χ1v) is 7.47. The van der Waals surface area contributed by atoms with Crippen LogP contribution in [0.15, 0.2) is 46.7 Å². The van der Waals surface area contributed by atoms with Crippen molar-refractivity contribution in [2.45, 2.75) is 29.9 Å². The number of hydrogen-bond acceptors (Lipinski definition) is 5. The fourth-order valence-corrected chi connectivity index (χ4v) is 2.34. The van der Waals surface area contributed by atoms with E-state index in [0.717, 1.165) is 40.9 Å². The number of ether oxygens (including phenoxy) is 1. The summed E-state index contributed by atoms with van der Waals surface area (Å²) in [5.41, 5.74) is 1.11. The van der Waals surface area contributed by atoms with Crippen LogP contribution in [-0.2, 0) is 6.54 Å². The maximum atomic E-state index is 5.13. The van der Waals surface area contributed by atoms with Crippen LogP contribution >= 0.6 is 11.8 Å². The molecule has 5 heteroatoms. The van der Waals surface area contributed by atoms with Gasteiger partial charge in [-0.3, -0.25) is 0 Å². The molecule has 1 aromatic heterocycles. The molecule has 0 atom stereocenters. The molecule has 20 heavy (non-hydrogen) atoms. The lowest BCUT2D eigenvalue weighted by atomic mass is 10.3. The van der Waals surface area contributed by atoms with Crippen molar-refractivity contribution in [1.82, 2.24) is 15.3 Å². The third-order valence-electron chi connectivity index (χ3n) is 2.71. The number of rotatable bonds is 7. The van der Waals surface area contributed by atoms with E-state index in [1.807, 2.05) is 36.7 Å². The van der Waals surface area contributed by atoms with E-state index < -0.39 is 0 Å². The van der Waals surface area contributed by atoms with E-state index in [2.05, 4.69) is 22.2 Å². The van der Waals surface area contributed by atoms with Crippen molar-refractivity contribution in [3.8, 4) is 5.75 Å². The van der Waals surface area contributed by atoms with Crippen molar-refractivity contribution in [3.05, 3.63) is 42.2 Å². The summed E-state index contributed by atoms with van der Waals surface area (Å²) in [7, 11) is 1.66. The van der Waals surface area contributed by atoms with Gasteiger partial charge in [-0.25, -0.2) is 9.97 Å². The van der Waals surface area contributed by atoms with Gasteiger partial charge >= 0.3 is 0 Å². The summed E-state index contributed by atoms with van der Waals surface area (Å²) < 4.78 is 5.13. The molecule has 2 rings (SSSR count). The zero-order chi connectivity index (χ0) is 14.2. The standard InChI is InChI=1S/C15H19N3OS/c1-3-8-16-9-12-10-17-15(18-11-12)20-14-6-4-13(19-2)5-7-14/h4-7,10-11,16H,3,8-9H2,1-2H3. The molecule has 2 aromatic rings. The molecule has 1 heterocycles. The average molecular weight is 289 g/mol. The van der Waals surface area contributed by atoms with E-state index in [9.17, 15) is 0 Å². The molecule has 0 aliphatic rings. The molecule has 0 saturated carbocycles. The van der Waals surface area contributed by atoms with Crippen molar-refractivity contribution < 1.29 is 4.74 Å². The second kappa shape index (κ2) is 7.87. The van der Waals surface area contributed by atoms with E-state index >= 15 is 0 Å². The Kier molecular flexibility index (Phi) is 5.83. The Hall–Kier alpha value is -1.59. The summed E-state index contributed by atoms with van der Waals surface area (Å²) in [6, 6.07) is 7.88. The van der Waals surface area contributed by atoms with Crippen molar-refractivity contribution >= 4 is 11.8 Å². The van der Waals surface area contributed by atoms with Gasteiger partial charge in [-0.05, 0) is 49.0 Å². The maximum absolute atomic E-state index is 5.13. The quantitative estimate of drug-likeness (QED) is 0.627. The summed E-state index contributed by atoms with van der Waals surface area (Å²) in [6.45, 7) is 3.99. The third kappa shape index (κ3) is 4.51. The zero-order valence-electron chi connectivity index (χ0n) is 11.8. The first-order valence-electron chi connectivity index (χ1n) is 6.65. The molecule has 0 saturated heterocycles. The largest absolute Gasteiger partial charge is 0.497 e. The Morgan fingerprint density at radius 2 is 1.85 bits per heavy atom. The smallest absolute Gasteiger partial charge is 0.192 e. The molecule has 1 N–H and O–H groups in total. The monoisotopic (exact) mass is 289 g/mol. The highest BCUT2D eigenvalue weighted by atomic mass is 32.2. The zero-order valence-corrected chi connectivity index (χ0v) is 12.6. The van der Waals surface area contributed by atoms with Gasteiger partial charge in [0.25, 0.3) is 0 Å². The normalized spacial score (nSPS) is 10.5. The molecule has 0 radical (unpaired) electrons. The Bertz CT molecular complexity index is 514. The molecule has 0 fully saturated rings. The van der Waals surface area contributed by atoms with Crippen LogP contribution in [0, 0.1) is 0 Å². The van der Waals surface area contributed by atoms with Crippen LogP contribution in [-0.4, -0.2) is 23.6 Å². The lowest BCUT2D eigenvalue weighted by molar-refractivity contribution is 0.414. The highest BCUT2D eigenvalue weighted by Crippen LogP contribution is 2.25. The number of nitrogens with zero attached hydrogens (tertiary/aromatic N) is 2. The first kappa shape index (κ1) is 14.8. The average Bonchev–Trinajstić information content (AvgIpc) is 2.50. The lowest BCUT2D eigenvalue weighted by Crippen LogP contribution is -2.14. The molecule has 0 aliphatic carbocycles. The molecular formula is C15H19N3OS. The molecule has 0 bridgehead atoms. The number of methoxy groups -OCH3 is 1. The molecule has 0 unspecified atom stereocenters. The van der Waals surface area contributed by atoms with Gasteiger partial charge in [-0.15, -0.1) is 0 Å². The van der Waals surface area contributed by atoms with Gasteiger partial charge in [0.2, 0.25) is 0 Å². The Morgan fingerprint density at radius 1 is 1.15 bits per heavy atom. The Morgan fingerprint density at radius 3 is 2.45 bits per heavy atom. The van der Waals surface area contributed by atoms with Crippen molar-refractivity contribution in [1.29, 1.82) is 0 Å². The van der Waals surface area contributed by atoms with Crippen LogP contribution in [0.1, 0.15) is 18.9 Å². The van der Waals surface area contributed by atoms with E-state index in [1.165, 1.54) is 0 Å². The minimum Gasteiger partial charge on any atom is -0.497 e. The summed E-state index contributed by atoms with van der Waals surface area (Å²) in [4.78, 5) is 9.85. The summed E-state index contributed by atoms with van der Waals surface area (Å²) >= 11 is 1.55. The number of hydrogen-bond donors (Lipinski definition) is 1. The third-order valence-corrected chi connectivity index (χ3v) is 3.61. The highest BCUT2D eigenvalue weighted by Gasteiger charge is 2.01. The van der Waals surface area contributed by atoms with E-state index in [4.69, 9.17) is 4.74 Å². The molecule has 4 nitrogen and oxygen atoms in total. The van der Waals surface area contributed by atoms with Crippen LogP contribution < -0.4 is 10.1 Å². The van der Waals surface area contributed by atoms with Crippen LogP contribution in [0.3, 0.4) is 0 Å². The van der Waals surface area contributed by atoms with Crippen LogP contribution in [0.4, 0.5) is 0 Å². The molecule has 0 spiro atoms. The summed E-state index contributed by atoms with van der Waals surface area (Å²) in [5.74, 6) is 0.854. The summed E-state index contributed by atoms with van der Waals surface area (Å²) in [6.07, 6.45) is 4.88. The van der Waals surface area contributed by atoms with Gasteiger partial charge in [0.1, 0.15) is 5.75 Å². The number of benzene rings is 1. The first-order chi connectivity index (χ1) is 9.81. The fraction of sp³-hybridized carbons (Fsp3) is 0.333. The predicted molar refractivity (Wildman–Crippen MR) is 81.1 cm³/mol. The Labute approximate surface area is 124 Å².